The van der Waals surface area contributed by atoms with Gasteiger partial charge in [-0.25, -0.2) is 9.97 Å². The van der Waals surface area contributed by atoms with E-state index >= 15 is 0 Å². The van der Waals surface area contributed by atoms with Crippen LogP contribution >= 0.6 is 0 Å². The number of rotatable bonds is 7. The topological polar surface area (TPSA) is 73.4 Å². The summed E-state index contributed by atoms with van der Waals surface area (Å²) in [5.74, 6) is 0.319. The van der Waals surface area contributed by atoms with E-state index in [2.05, 4.69) is 42.5 Å². The van der Waals surface area contributed by atoms with Crippen molar-refractivity contribution in [3.8, 4) is 0 Å². The molecule has 1 saturated heterocycles. The Bertz CT molecular complexity index is 723. The number of nitrogens with one attached hydrogen (secondary N) is 2. The Balaban J connectivity index is 1.53. The highest BCUT2D eigenvalue weighted by molar-refractivity contribution is 6.03. The van der Waals surface area contributed by atoms with Crippen molar-refractivity contribution in [2.24, 2.45) is 0 Å². The van der Waals surface area contributed by atoms with Gasteiger partial charge in [0, 0.05) is 49.9 Å². The molecular weight excluding hydrogens is 340 g/mol. The molecule has 1 amide bonds. The molecule has 0 radical (unpaired) electrons. The third kappa shape index (κ3) is 5.65. The van der Waals surface area contributed by atoms with Crippen LogP contribution in [0.4, 0.5) is 17.3 Å². The van der Waals surface area contributed by atoms with Crippen LogP contribution in [0.3, 0.4) is 0 Å². The molecule has 0 atom stereocenters. The molecule has 1 aliphatic heterocycles. The molecule has 0 aliphatic carbocycles. The SMILES string of the molecule is CN(C)CCNc1ncc(C(=O)Nc2ccc(N3CCCCC3)cc2)cn1. The molecule has 7 nitrogen and oxygen atoms in total. The Labute approximate surface area is 160 Å². The molecule has 0 bridgehead atoms. The summed E-state index contributed by atoms with van der Waals surface area (Å²) in [7, 11) is 4.02. The van der Waals surface area contributed by atoms with Gasteiger partial charge in [-0.3, -0.25) is 4.79 Å². The largest absolute Gasteiger partial charge is 0.372 e. The molecule has 0 saturated carbocycles. The van der Waals surface area contributed by atoms with E-state index in [1.54, 1.807) is 12.4 Å². The van der Waals surface area contributed by atoms with Crippen molar-refractivity contribution in [3.05, 3.63) is 42.2 Å². The monoisotopic (exact) mass is 368 g/mol. The number of aromatic nitrogens is 2. The number of carbonyl (C=O) groups excluding carboxylic acids is 1. The van der Waals surface area contributed by atoms with Gasteiger partial charge in [0.05, 0.1) is 5.56 Å². The maximum Gasteiger partial charge on any atom is 0.258 e. The maximum atomic E-state index is 12.4. The summed E-state index contributed by atoms with van der Waals surface area (Å²) in [6.45, 7) is 3.86. The van der Waals surface area contributed by atoms with E-state index in [-0.39, 0.29) is 5.91 Å². The van der Waals surface area contributed by atoms with Crippen LogP contribution < -0.4 is 15.5 Å². The molecule has 7 heteroatoms. The molecule has 2 aromatic rings. The zero-order valence-corrected chi connectivity index (χ0v) is 16.1. The fraction of sp³-hybridized carbons (Fsp3) is 0.450. The first kappa shape index (κ1) is 19.1. The predicted octanol–water partition coefficient (Wildman–Crippen LogP) is 2.69. The zero-order valence-electron chi connectivity index (χ0n) is 16.1. The lowest BCUT2D eigenvalue weighted by molar-refractivity contribution is 0.102. The molecule has 1 aromatic heterocycles. The summed E-state index contributed by atoms with van der Waals surface area (Å²) < 4.78 is 0. The molecule has 0 spiro atoms. The molecule has 0 unspecified atom stereocenters. The number of anilines is 3. The van der Waals surface area contributed by atoms with Crippen LogP contribution in [0.25, 0.3) is 0 Å². The van der Waals surface area contributed by atoms with E-state index in [1.807, 2.05) is 26.2 Å². The van der Waals surface area contributed by atoms with E-state index in [1.165, 1.54) is 24.9 Å². The van der Waals surface area contributed by atoms with Gasteiger partial charge in [-0.1, -0.05) is 0 Å². The van der Waals surface area contributed by atoms with Crippen LogP contribution in [0.5, 0.6) is 0 Å². The second kappa shape index (κ2) is 9.32. The molecular formula is C20H28N6O. The van der Waals surface area contributed by atoms with E-state index in [9.17, 15) is 4.79 Å². The van der Waals surface area contributed by atoms with Gasteiger partial charge >= 0.3 is 0 Å². The highest BCUT2D eigenvalue weighted by Crippen LogP contribution is 2.22. The smallest absolute Gasteiger partial charge is 0.258 e. The minimum Gasteiger partial charge on any atom is -0.372 e. The van der Waals surface area contributed by atoms with E-state index in [0.29, 0.717) is 11.5 Å². The first-order valence-corrected chi connectivity index (χ1v) is 9.49. The number of piperidine rings is 1. The van der Waals surface area contributed by atoms with E-state index in [4.69, 9.17) is 0 Å². The second-order valence-electron chi connectivity index (χ2n) is 7.07. The highest BCUT2D eigenvalue weighted by atomic mass is 16.1. The van der Waals surface area contributed by atoms with Gasteiger partial charge in [0.25, 0.3) is 5.91 Å². The van der Waals surface area contributed by atoms with E-state index in [0.717, 1.165) is 31.9 Å². The normalized spacial score (nSPS) is 14.3. The van der Waals surface area contributed by atoms with Crippen LogP contribution in [0.2, 0.25) is 0 Å². The van der Waals surface area contributed by atoms with E-state index < -0.39 is 0 Å². The van der Waals surface area contributed by atoms with Gasteiger partial charge in [0.1, 0.15) is 0 Å². The molecule has 1 aromatic carbocycles. The summed E-state index contributed by atoms with van der Waals surface area (Å²) in [5.41, 5.74) is 2.42. The number of likely N-dealkylation sites (N-methyl/N-ethyl adjacent to an activating group) is 1. The van der Waals surface area contributed by atoms with Gasteiger partial charge in [-0.2, -0.15) is 0 Å². The quantitative estimate of drug-likeness (QED) is 0.783. The minimum atomic E-state index is -0.208. The third-order valence-electron chi connectivity index (χ3n) is 4.60. The zero-order chi connectivity index (χ0) is 19.1. The number of hydrogen-bond acceptors (Lipinski definition) is 6. The van der Waals surface area contributed by atoms with Crippen molar-refractivity contribution >= 4 is 23.2 Å². The van der Waals surface area contributed by atoms with Crippen LogP contribution in [-0.4, -0.2) is 61.0 Å². The van der Waals surface area contributed by atoms with Crippen molar-refractivity contribution in [1.29, 1.82) is 0 Å². The molecule has 1 fully saturated rings. The predicted molar refractivity (Wildman–Crippen MR) is 110 cm³/mol. The van der Waals surface area contributed by atoms with Gasteiger partial charge < -0.3 is 20.4 Å². The molecule has 144 valence electrons. The lowest BCUT2D eigenvalue weighted by Gasteiger charge is -2.28. The Morgan fingerprint density at radius 1 is 1.07 bits per heavy atom. The fourth-order valence-electron chi connectivity index (χ4n) is 3.04. The van der Waals surface area contributed by atoms with Crippen molar-refractivity contribution < 1.29 is 4.79 Å². The Kier molecular flexibility index (Phi) is 6.59. The summed E-state index contributed by atoms with van der Waals surface area (Å²) in [6.07, 6.45) is 6.90. The average molecular weight is 368 g/mol. The summed E-state index contributed by atoms with van der Waals surface area (Å²) in [6, 6.07) is 8.02. The summed E-state index contributed by atoms with van der Waals surface area (Å²) in [5, 5.41) is 6.03. The average Bonchev–Trinajstić information content (AvgIpc) is 2.69. The Morgan fingerprint density at radius 3 is 2.37 bits per heavy atom. The molecule has 27 heavy (non-hydrogen) atoms. The van der Waals surface area contributed by atoms with Gasteiger partial charge in [0.15, 0.2) is 0 Å². The number of hydrogen-bond donors (Lipinski definition) is 2. The number of amides is 1. The first-order chi connectivity index (χ1) is 13.1. The standard InChI is InChI=1S/C20H28N6O/c1-25(2)13-10-21-20-22-14-16(15-23-20)19(27)24-17-6-8-18(9-7-17)26-11-4-3-5-12-26/h6-9,14-15H,3-5,10-13H2,1-2H3,(H,24,27)(H,21,22,23). The van der Waals surface area contributed by atoms with Crippen LogP contribution in [0, 0.1) is 0 Å². The molecule has 2 heterocycles. The van der Waals surface area contributed by atoms with Crippen molar-refractivity contribution in [2.45, 2.75) is 19.3 Å². The van der Waals surface area contributed by atoms with Crippen molar-refractivity contribution in [3.63, 3.8) is 0 Å². The number of carbonyl (C=O) groups is 1. The Morgan fingerprint density at radius 2 is 1.74 bits per heavy atom. The van der Waals surface area contributed by atoms with Crippen molar-refractivity contribution in [2.75, 3.05) is 55.8 Å². The highest BCUT2D eigenvalue weighted by Gasteiger charge is 2.12. The van der Waals surface area contributed by atoms with Crippen LogP contribution in [0.1, 0.15) is 29.6 Å². The van der Waals surface area contributed by atoms with Gasteiger partial charge in [0.2, 0.25) is 5.95 Å². The molecule has 2 N–H and O–H groups in total. The third-order valence-corrected chi connectivity index (χ3v) is 4.60. The van der Waals surface area contributed by atoms with Gasteiger partial charge in [-0.15, -0.1) is 0 Å². The number of nitrogens with zero attached hydrogens (tertiary/aromatic N) is 4. The first-order valence-electron chi connectivity index (χ1n) is 9.49. The second-order valence-corrected chi connectivity index (χ2v) is 7.07. The van der Waals surface area contributed by atoms with Crippen LogP contribution in [-0.2, 0) is 0 Å². The van der Waals surface area contributed by atoms with Crippen molar-refractivity contribution in [1.82, 2.24) is 14.9 Å². The van der Waals surface area contributed by atoms with Gasteiger partial charge in [-0.05, 0) is 57.6 Å². The maximum absolute atomic E-state index is 12.4. The number of benzene rings is 1. The lowest BCUT2D eigenvalue weighted by atomic mass is 10.1. The summed E-state index contributed by atoms with van der Waals surface area (Å²) >= 11 is 0. The van der Waals surface area contributed by atoms with Crippen LogP contribution in [0.15, 0.2) is 36.7 Å². The molecule has 1 aliphatic rings. The molecule has 3 rings (SSSR count). The Hall–Kier alpha value is -2.67. The minimum absolute atomic E-state index is 0.208. The lowest BCUT2D eigenvalue weighted by Crippen LogP contribution is -2.29. The summed E-state index contributed by atoms with van der Waals surface area (Å²) in [4.78, 5) is 25.3. The fourth-order valence-corrected chi connectivity index (χ4v) is 3.04.